The van der Waals surface area contributed by atoms with Gasteiger partial charge in [-0.25, -0.2) is 4.79 Å². The van der Waals surface area contributed by atoms with Crippen molar-refractivity contribution in [3.63, 3.8) is 0 Å². The highest BCUT2D eigenvalue weighted by atomic mass is 16.7. The molecular weight excluding hydrogens is 388 g/mol. The molecule has 0 fully saturated rings. The second kappa shape index (κ2) is 12.1. The molecule has 0 saturated carbocycles. The number of para-hydroxylation sites is 1. The first-order chi connectivity index (χ1) is 14.5. The summed E-state index contributed by atoms with van der Waals surface area (Å²) in [4.78, 5) is 35.3. The lowest BCUT2D eigenvalue weighted by molar-refractivity contribution is -0.123. The van der Waals surface area contributed by atoms with Crippen molar-refractivity contribution in [2.24, 2.45) is 0 Å². The zero-order chi connectivity index (χ0) is 21.8. The zero-order valence-corrected chi connectivity index (χ0v) is 17.1. The van der Waals surface area contributed by atoms with E-state index < -0.39 is 6.16 Å². The number of carbonyl (C=O) groups is 3. The van der Waals surface area contributed by atoms with E-state index in [4.69, 9.17) is 9.47 Å². The number of aryl methyl sites for hydroxylation is 1. The van der Waals surface area contributed by atoms with Crippen LogP contribution in [0.2, 0.25) is 0 Å². The van der Waals surface area contributed by atoms with Gasteiger partial charge in [-0.05, 0) is 49.2 Å². The normalized spacial score (nSPS) is 10.1. The summed E-state index contributed by atoms with van der Waals surface area (Å²) in [5, 5.41) is 5.39. The summed E-state index contributed by atoms with van der Waals surface area (Å²) < 4.78 is 15.2. The minimum Gasteiger partial charge on any atom is -0.483 e. The molecule has 2 aromatic carbocycles. The molecule has 160 valence electrons. The van der Waals surface area contributed by atoms with Gasteiger partial charge in [-0.3, -0.25) is 9.59 Å². The largest absolute Gasteiger partial charge is 0.513 e. The molecule has 0 atom stereocenters. The van der Waals surface area contributed by atoms with Crippen LogP contribution >= 0.6 is 0 Å². The lowest BCUT2D eigenvalue weighted by Gasteiger charge is -2.11. The van der Waals surface area contributed by atoms with Crippen LogP contribution in [0.15, 0.2) is 48.5 Å². The summed E-state index contributed by atoms with van der Waals surface area (Å²) in [5.41, 5.74) is 1.44. The topological polar surface area (TPSA) is 103 Å². The third kappa shape index (κ3) is 7.46. The maximum Gasteiger partial charge on any atom is 0.513 e. The number of hydrogen-bond acceptors (Lipinski definition) is 6. The van der Waals surface area contributed by atoms with Crippen molar-refractivity contribution in [1.82, 2.24) is 10.6 Å². The van der Waals surface area contributed by atoms with E-state index in [0.29, 0.717) is 11.3 Å². The van der Waals surface area contributed by atoms with Crippen molar-refractivity contribution in [3.05, 3.63) is 59.7 Å². The molecule has 0 aliphatic rings. The van der Waals surface area contributed by atoms with Gasteiger partial charge in [0.1, 0.15) is 11.5 Å². The highest BCUT2D eigenvalue weighted by Gasteiger charge is 2.09. The first-order valence-corrected chi connectivity index (χ1v) is 9.73. The van der Waals surface area contributed by atoms with E-state index in [2.05, 4.69) is 15.4 Å². The van der Waals surface area contributed by atoms with E-state index >= 15 is 0 Å². The third-order valence-electron chi connectivity index (χ3n) is 4.02. The molecule has 0 saturated heterocycles. The van der Waals surface area contributed by atoms with Gasteiger partial charge in [0, 0.05) is 18.7 Å². The molecule has 0 aromatic heterocycles. The van der Waals surface area contributed by atoms with Crippen LogP contribution in [0.25, 0.3) is 0 Å². The van der Waals surface area contributed by atoms with Crippen LogP contribution in [-0.4, -0.2) is 44.3 Å². The van der Waals surface area contributed by atoms with E-state index in [1.807, 2.05) is 31.2 Å². The number of carbonyl (C=O) groups excluding carboxylic acids is 3. The average molecular weight is 414 g/mol. The van der Waals surface area contributed by atoms with Crippen LogP contribution in [0.1, 0.15) is 29.8 Å². The van der Waals surface area contributed by atoms with Gasteiger partial charge < -0.3 is 24.8 Å². The summed E-state index contributed by atoms with van der Waals surface area (Å²) in [6, 6.07) is 13.6. The fourth-order valence-corrected chi connectivity index (χ4v) is 2.53. The monoisotopic (exact) mass is 414 g/mol. The molecule has 0 spiro atoms. The summed E-state index contributed by atoms with van der Waals surface area (Å²) in [6.07, 6.45) is 0.0207. The number of benzene rings is 2. The predicted molar refractivity (Wildman–Crippen MR) is 111 cm³/mol. The van der Waals surface area contributed by atoms with Crippen LogP contribution in [0.5, 0.6) is 11.5 Å². The first kappa shape index (κ1) is 22.7. The molecular formula is C22H26N2O6. The van der Waals surface area contributed by atoms with Gasteiger partial charge in [-0.2, -0.15) is 0 Å². The molecule has 8 nitrogen and oxygen atoms in total. The van der Waals surface area contributed by atoms with Gasteiger partial charge in [0.2, 0.25) is 0 Å². The Morgan fingerprint density at radius 1 is 0.900 bits per heavy atom. The summed E-state index contributed by atoms with van der Waals surface area (Å²) in [7, 11) is 0. The maximum absolute atomic E-state index is 12.1. The van der Waals surface area contributed by atoms with Crippen molar-refractivity contribution in [1.29, 1.82) is 0 Å². The standard InChI is InChI=1S/C22H26N2O6/c1-3-16-7-5-6-8-19(16)29-15-20(25)23-13-14-24-21(26)17-9-11-18(12-10-17)30-22(27)28-4-2/h5-12H,3-4,13-15H2,1-2H3,(H,23,25)(H,24,26). The highest BCUT2D eigenvalue weighted by molar-refractivity contribution is 5.94. The molecule has 2 aromatic rings. The van der Waals surface area contributed by atoms with E-state index in [-0.39, 0.29) is 43.9 Å². The van der Waals surface area contributed by atoms with E-state index in [1.165, 1.54) is 24.3 Å². The SMILES string of the molecule is CCOC(=O)Oc1ccc(C(=O)NCCNC(=O)COc2ccccc2CC)cc1. The second-order valence-corrected chi connectivity index (χ2v) is 6.17. The van der Waals surface area contributed by atoms with E-state index in [1.54, 1.807) is 6.92 Å². The molecule has 2 rings (SSSR count). The minimum atomic E-state index is -0.799. The number of rotatable bonds is 10. The summed E-state index contributed by atoms with van der Waals surface area (Å²) in [5.74, 6) is 0.399. The number of hydrogen-bond donors (Lipinski definition) is 2. The molecule has 8 heteroatoms. The fourth-order valence-electron chi connectivity index (χ4n) is 2.53. The van der Waals surface area contributed by atoms with Gasteiger partial charge in [0.25, 0.3) is 11.8 Å². The van der Waals surface area contributed by atoms with Gasteiger partial charge in [-0.15, -0.1) is 0 Å². The van der Waals surface area contributed by atoms with Gasteiger partial charge >= 0.3 is 6.16 Å². The molecule has 0 heterocycles. The van der Waals surface area contributed by atoms with E-state index in [9.17, 15) is 14.4 Å². The predicted octanol–water partition coefficient (Wildman–Crippen LogP) is 2.71. The molecule has 0 radical (unpaired) electrons. The molecule has 2 N–H and O–H groups in total. The molecule has 30 heavy (non-hydrogen) atoms. The Morgan fingerprint density at radius 3 is 2.30 bits per heavy atom. The third-order valence-corrected chi connectivity index (χ3v) is 4.02. The van der Waals surface area contributed by atoms with Crippen molar-refractivity contribution in [2.45, 2.75) is 20.3 Å². The first-order valence-electron chi connectivity index (χ1n) is 9.73. The van der Waals surface area contributed by atoms with Crippen LogP contribution in [0.4, 0.5) is 4.79 Å². The zero-order valence-electron chi connectivity index (χ0n) is 17.1. The highest BCUT2D eigenvalue weighted by Crippen LogP contribution is 2.18. The minimum absolute atomic E-state index is 0.0904. The lowest BCUT2D eigenvalue weighted by Crippen LogP contribution is -2.36. The van der Waals surface area contributed by atoms with Crippen LogP contribution < -0.4 is 20.1 Å². The van der Waals surface area contributed by atoms with Crippen LogP contribution in [-0.2, 0) is 16.0 Å². The van der Waals surface area contributed by atoms with Gasteiger partial charge in [0.05, 0.1) is 6.61 Å². The number of ether oxygens (including phenoxy) is 3. The Labute approximate surface area is 175 Å². The van der Waals surface area contributed by atoms with Crippen molar-refractivity contribution >= 4 is 18.0 Å². The average Bonchev–Trinajstić information content (AvgIpc) is 2.76. The Morgan fingerprint density at radius 2 is 1.60 bits per heavy atom. The summed E-state index contributed by atoms with van der Waals surface area (Å²) >= 11 is 0. The molecule has 0 aliphatic heterocycles. The smallest absolute Gasteiger partial charge is 0.483 e. The van der Waals surface area contributed by atoms with Crippen molar-refractivity contribution in [3.8, 4) is 11.5 Å². The maximum atomic E-state index is 12.1. The molecule has 0 aliphatic carbocycles. The Bertz CT molecular complexity index is 851. The van der Waals surface area contributed by atoms with Crippen LogP contribution in [0, 0.1) is 0 Å². The Balaban J connectivity index is 1.67. The molecule has 0 unspecified atom stereocenters. The van der Waals surface area contributed by atoms with Gasteiger partial charge in [-0.1, -0.05) is 25.1 Å². The van der Waals surface area contributed by atoms with Crippen molar-refractivity contribution in [2.75, 3.05) is 26.3 Å². The Kier molecular flexibility index (Phi) is 9.18. The molecule has 2 amide bonds. The fraction of sp³-hybridized carbons (Fsp3) is 0.318. The van der Waals surface area contributed by atoms with Gasteiger partial charge in [0.15, 0.2) is 6.61 Å². The molecule has 0 bridgehead atoms. The number of nitrogens with one attached hydrogen (secondary N) is 2. The van der Waals surface area contributed by atoms with Crippen LogP contribution in [0.3, 0.4) is 0 Å². The number of amides is 2. The van der Waals surface area contributed by atoms with Crippen molar-refractivity contribution < 1.29 is 28.6 Å². The van der Waals surface area contributed by atoms with E-state index in [0.717, 1.165) is 12.0 Å². The second-order valence-electron chi connectivity index (χ2n) is 6.17. The lowest BCUT2D eigenvalue weighted by atomic mass is 10.1. The summed E-state index contributed by atoms with van der Waals surface area (Å²) in [6.45, 7) is 4.35. The Hall–Kier alpha value is -3.55. The quantitative estimate of drug-likeness (QED) is 0.352.